The Morgan fingerprint density at radius 1 is 1.05 bits per heavy atom. The molecule has 5 nitrogen and oxygen atoms in total. The van der Waals surface area contributed by atoms with E-state index in [-0.39, 0.29) is 27.6 Å². The van der Waals surface area contributed by atoms with Gasteiger partial charge < -0.3 is 19.8 Å². The summed E-state index contributed by atoms with van der Waals surface area (Å²) in [5, 5.41) is 20.4. The zero-order valence-electron chi connectivity index (χ0n) is 21.0. The van der Waals surface area contributed by atoms with Gasteiger partial charge in [-0.25, -0.2) is 4.39 Å². The zero-order valence-corrected chi connectivity index (χ0v) is 21.8. The van der Waals surface area contributed by atoms with E-state index < -0.39 is 47.2 Å². The highest BCUT2D eigenvalue weighted by atomic mass is 35.5. The molecular weight excluding hydrogens is 526 g/mol. The van der Waals surface area contributed by atoms with Crippen molar-refractivity contribution in [1.82, 2.24) is 0 Å². The van der Waals surface area contributed by atoms with E-state index in [1.807, 2.05) is 0 Å². The van der Waals surface area contributed by atoms with E-state index >= 15 is 0 Å². The minimum absolute atomic E-state index is 0.0160. The molecule has 0 radical (unpaired) electrons. The van der Waals surface area contributed by atoms with Crippen molar-refractivity contribution < 1.29 is 37.3 Å². The fourth-order valence-corrected chi connectivity index (χ4v) is 5.08. The molecule has 3 aromatic carbocycles. The van der Waals surface area contributed by atoms with Gasteiger partial charge in [0.1, 0.15) is 11.6 Å². The Hall–Kier alpha value is -3.14. The van der Waals surface area contributed by atoms with E-state index in [1.54, 1.807) is 19.9 Å². The highest BCUT2D eigenvalue weighted by molar-refractivity contribution is 6.31. The molecule has 0 saturated heterocycles. The topological polar surface area (TPSA) is 70.0 Å². The Morgan fingerprint density at radius 3 is 2.26 bits per heavy atom. The molecule has 1 aliphatic rings. The average molecular weight is 552 g/mol. The molecule has 38 heavy (non-hydrogen) atoms. The number of ether oxygens (including phenoxy) is 1. The quantitative estimate of drug-likeness (QED) is 0.364. The molecule has 1 amide bonds. The summed E-state index contributed by atoms with van der Waals surface area (Å²) in [6.45, 7) is 3.84. The van der Waals surface area contributed by atoms with Gasteiger partial charge in [-0.3, -0.25) is 4.79 Å². The second-order valence-corrected chi connectivity index (χ2v) is 10.3. The molecule has 0 spiro atoms. The number of benzene rings is 3. The Morgan fingerprint density at radius 2 is 1.68 bits per heavy atom. The Kier molecular flexibility index (Phi) is 7.01. The smallest absolute Gasteiger partial charge is 0.422 e. The van der Waals surface area contributed by atoms with Crippen molar-refractivity contribution in [2.75, 3.05) is 11.9 Å². The number of hydrogen-bond acceptors (Lipinski definition) is 4. The molecule has 2 N–H and O–H groups in total. The minimum Gasteiger partial charge on any atom is -0.476 e. The monoisotopic (exact) mass is 551 g/mol. The van der Waals surface area contributed by atoms with Crippen LogP contribution in [0, 0.1) is 5.82 Å². The Labute approximate surface area is 222 Å². The van der Waals surface area contributed by atoms with Crippen molar-refractivity contribution in [1.29, 1.82) is 0 Å². The van der Waals surface area contributed by atoms with E-state index in [1.165, 1.54) is 55.3 Å². The summed E-state index contributed by atoms with van der Waals surface area (Å²) in [6.07, 6.45) is -5.12. The number of alkyl halides is 3. The van der Waals surface area contributed by atoms with Crippen LogP contribution in [0.15, 0.2) is 54.6 Å². The molecule has 202 valence electrons. The summed E-state index contributed by atoms with van der Waals surface area (Å²) in [5.74, 6) is -2.45. The molecular formula is C28H26ClF4NO4. The second-order valence-electron chi connectivity index (χ2n) is 9.85. The molecule has 3 aromatic rings. The van der Waals surface area contributed by atoms with Gasteiger partial charge >= 0.3 is 6.18 Å². The van der Waals surface area contributed by atoms with E-state index in [0.29, 0.717) is 11.1 Å². The molecule has 0 bridgehead atoms. The van der Waals surface area contributed by atoms with Gasteiger partial charge in [-0.15, -0.1) is 0 Å². The van der Waals surface area contributed by atoms with Crippen molar-refractivity contribution in [2.45, 2.75) is 50.7 Å². The average Bonchev–Trinajstić information content (AvgIpc) is 2.85. The van der Waals surface area contributed by atoms with Crippen molar-refractivity contribution in [3.8, 4) is 16.9 Å². The number of aliphatic hydroxyl groups excluding tert-OH is 1. The number of carbonyl (C=O) groups excluding carboxylic acids is 1. The van der Waals surface area contributed by atoms with Crippen LogP contribution in [0.5, 0.6) is 5.75 Å². The largest absolute Gasteiger partial charge is 0.476 e. The Bertz CT molecular complexity index is 1410. The summed E-state index contributed by atoms with van der Waals surface area (Å²) >= 11 is 6.42. The van der Waals surface area contributed by atoms with Crippen molar-refractivity contribution in [2.24, 2.45) is 0 Å². The standard InChI is InChI=1S/C28H26ClF4NO4/c1-15(20-9-7-16(11-21(20)29)17-5-6-18(14-35)22(30)12-17)27(37,28(31,32)33)19-8-10-24-23(13-19)34(4)25(36)26(2,3)38-24/h5-13,15,35,37H,14H2,1-4H3. The number of fused-ring (bicyclic) bond motifs is 1. The van der Waals surface area contributed by atoms with Crippen LogP contribution in [0.2, 0.25) is 5.02 Å². The number of rotatable bonds is 5. The van der Waals surface area contributed by atoms with Crippen molar-refractivity contribution >= 4 is 23.2 Å². The molecule has 2 unspecified atom stereocenters. The normalized spacial score (nSPS) is 17.4. The molecule has 1 heterocycles. The summed E-state index contributed by atoms with van der Waals surface area (Å²) in [7, 11) is 1.43. The van der Waals surface area contributed by atoms with Gasteiger partial charge in [-0.05, 0) is 60.4 Å². The maximum absolute atomic E-state index is 14.6. The van der Waals surface area contributed by atoms with E-state index in [0.717, 1.165) is 12.1 Å². The van der Waals surface area contributed by atoms with Crippen LogP contribution in [0.3, 0.4) is 0 Å². The summed E-state index contributed by atoms with van der Waals surface area (Å²) in [6, 6.07) is 11.9. The van der Waals surface area contributed by atoms with Crippen LogP contribution in [-0.4, -0.2) is 34.9 Å². The number of nitrogens with zero attached hydrogens (tertiary/aromatic N) is 1. The van der Waals surface area contributed by atoms with Gasteiger partial charge in [0, 0.05) is 23.6 Å². The lowest BCUT2D eigenvalue weighted by Gasteiger charge is -2.40. The number of carbonyl (C=O) groups is 1. The number of hydrogen-bond donors (Lipinski definition) is 2. The van der Waals surface area contributed by atoms with Gasteiger partial charge in [0.05, 0.1) is 12.3 Å². The lowest BCUT2D eigenvalue weighted by molar-refractivity contribution is -0.274. The van der Waals surface area contributed by atoms with Gasteiger partial charge in [0.15, 0.2) is 11.2 Å². The first-order chi connectivity index (χ1) is 17.6. The summed E-state index contributed by atoms with van der Waals surface area (Å²) in [4.78, 5) is 13.8. The molecule has 4 rings (SSSR count). The van der Waals surface area contributed by atoms with E-state index in [9.17, 15) is 32.6 Å². The van der Waals surface area contributed by atoms with E-state index in [4.69, 9.17) is 16.3 Å². The van der Waals surface area contributed by atoms with Crippen LogP contribution in [0.4, 0.5) is 23.2 Å². The molecule has 10 heteroatoms. The second kappa shape index (κ2) is 9.55. The first-order valence-electron chi connectivity index (χ1n) is 11.7. The fraction of sp³-hybridized carbons (Fsp3) is 0.321. The van der Waals surface area contributed by atoms with Crippen LogP contribution < -0.4 is 9.64 Å². The SMILES string of the molecule is CC(c1ccc(-c2ccc(CO)c(F)c2)cc1Cl)C(O)(c1ccc2c(c1)N(C)C(=O)C(C)(C)O2)C(F)(F)F. The molecule has 0 saturated carbocycles. The maximum Gasteiger partial charge on any atom is 0.422 e. The predicted octanol–water partition coefficient (Wildman–Crippen LogP) is 6.33. The lowest BCUT2D eigenvalue weighted by Crippen LogP contribution is -2.51. The van der Waals surface area contributed by atoms with Crippen molar-refractivity contribution in [3.05, 3.63) is 82.1 Å². The summed E-state index contributed by atoms with van der Waals surface area (Å²) < 4.78 is 63.6. The third kappa shape index (κ3) is 4.52. The van der Waals surface area contributed by atoms with Gasteiger partial charge in [0.2, 0.25) is 0 Å². The first-order valence-corrected chi connectivity index (χ1v) is 12.1. The predicted molar refractivity (Wildman–Crippen MR) is 136 cm³/mol. The minimum atomic E-state index is -5.12. The Balaban J connectivity index is 1.77. The maximum atomic E-state index is 14.6. The number of anilines is 1. The number of likely N-dealkylation sites (N-methyl/N-ethyl adjacent to an activating group) is 1. The molecule has 0 aromatic heterocycles. The highest BCUT2D eigenvalue weighted by Gasteiger charge is 2.59. The molecule has 0 fully saturated rings. The van der Waals surface area contributed by atoms with Crippen LogP contribution >= 0.6 is 11.6 Å². The molecule has 1 aliphatic heterocycles. The number of amides is 1. The third-order valence-electron chi connectivity index (χ3n) is 7.03. The highest BCUT2D eigenvalue weighted by Crippen LogP contribution is 2.52. The van der Waals surface area contributed by atoms with Crippen LogP contribution in [-0.2, 0) is 17.0 Å². The van der Waals surface area contributed by atoms with Crippen LogP contribution in [0.1, 0.15) is 43.4 Å². The third-order valence-corrected chi connectivity index (χ3v) is 7.36. The summed E-state index contributed by atoms with van der Waals surface area (Å²) in [5.41, 5.74) is -3.99. The lowest BCUT2D eigenvalue weighted by atomic mass is 9.77. The van der Waals surface area contributed by atoms with Gasteiger partial charge in [-0.1, -0.05) is 48.9 Å². The van der Waals surface area contributed by atoms with Gasteiger partial charge in [0.25, 0.3) is 5.91 Å². The first kappa shape index (κ1) is 27.9. The number of aliphatic hydroxyl groups is 2. The van der Waals surface area contributed by atoms with Crippen LogP contribution in [0.25, 0.3) is 11.1 Å². The van der Waals surface area contributed by atoms with Crippen molar-refractivity contribution in [3.63, 3.8) is 0 Å². The van der Waals surface area contributed by atoms with Gasteiger partial charge in [-0.2, -0.15) is 13.2 Å². The van der Waals surface area contributed by atoms with E-state index in [2.05, 4.69) is 0 Å². The molecule has 0 aliphatic carbocycles. The number of halogens is 5. The molecule has 2 atom stereocenters. The zero-order chi connectivity index (χ0) is 28.2. The fourth-order valence-electron chi connectivity index (χ4n) is 4.73.